The highest BCUT2D eigenvalue weighted by Gasteiger charge is 2.10. The van der Waals surface area contributed by atoms with Gasteiger partial charge in [0.2, 0.25) is 0 Å². The SMILES string of the molecule is Cc1nc(-c2nc(CO)no2)cs1. The fourth-order valence-electron chi connectivity index (χ4n) is 0.884. The van der Waals surface area contributed by atoms with Crippen LogP contribution in [-0.2, 0) is 6.61 Å². The van der Waals surface area contributed by atoms with Gasteiger partial charge in [0.05, 0.1) is 5.01 Å². The predicted molar refractivity (Wildman–Crippen MR) is 46.1 cm³/mol. The van der Waals surface area contributed by atoms with Gasteiger partial charge in [0.25, 0.3) is 5.89 Å². The lowest BCUT2D eigenvalue weighted by atomic mass is 10.5. The first kappa shape index (κ1) is 8.33. The zero-order valence-electron chi connectivity index (χ0n) is 6.89. The third-order valence-corrected chi connectivity index (χ3v) is 2.22. The van der Waals surface area contributed by atoms with Crippen molar-refractivity contribution < 1.29 is 9.63 Å². The van der Waals surface area contributed by atoms with E-state index in [-0.39, 0.29) is 12.4 Å². The molecule has 0 unspecified atom stereocenters. The molecule has 0 radical (unpaired) electrons. The second kappa shape index (κ2) is 3.23. The van der Waals surface area contributed by atoms with Gasteiger partial charge in [-0.2, -0.15) is 4.98 Å². The number of aryl methyl sites for hydroxylation is 1. The van der Waals surface area contributed by atoms with Gasteiger partial charge in [-0.3, -0.25) is 0 Å². The molecule has 0 amide bonds. The van der Waals surface area contributed by atoms with Crippen molar-refractivity contribution in [2.24, 2.45) is 0 Å². The van der Waals surface area contributed by atoms with Crippen molar-refractivity contribution in [3.8, 4) is 11.6 Å². The van der Waals surface area contributed by atoms with Crippen molar-refractivity contribution >= 4 is 11.3 Å². The summed E-state index contributed by atoms with van der Waals surface area (Å²) in [5.41, 5.74) is 0.662. The lowest BCUT2D eigenvalue weighted by Gasteiger charge is -1.82. The molecule has 0 aliphatic carbocycles. The molecule has 2 rings (SSSR count). The van der Waals surface area contributed by atoms with Gasteiger partial charge in [-0.15, -0.1) is 11.3 Å². The van der Waals surface area contributed by atoms with Gasteiger partial charge in [-0.25, -0.2) is 4.98 Å². The van der Waals surface area contributed by atoms with Crippen LogP contribution in [0.3, 0.4) is 0 Å². The second-order valence-electron chi connectivity index (χ2n) is 2.43. The highest BCUT2D eigenvalue weighted by Crippen LogP contribution is 2.19. The van der Waals surface area contributed by atoms with Crippen molar-refractivity contribution in [2.45, 2.75) is 13.5 Å². The zero-order chi connectivity index (χ0) is 9.26. The molecule has 68 valence electrons. The zero-order valence-corrected chi connectivity index (χ0v) is 7.71. The molecule has 2 aromatic rings. The molecule has 6 heteroatoms. The molecule has 1 N–H and O–H groups in total. The van der Waals surface area contributed by atoms with Crippen LogP contribution < -0.4 is 0 Å². The number of hydrogen-bond donors (Lipinski definition) is 1. The first-order valence-electron chi connectivity index (χ1n) is 3.65. The highest BCUT2D eigenvalue weighted by molar-refractivity contribution is 7.09. The molecular formula is C7H7N3O2S. The lowest BCUT2D eigenvalue weighted by molar-refractivity contribution is 0.264. The Bertz CT molecular complexity index is 409. The Morgan fingerprint density at radius 3 is 2.92 bits per heavy atom. The average Bonchev–Trinajstić information content (AvgIpc) is 2.71. The number of thiazole rings is 1. The first-order chi connectivity index (χ1) is 6.29. The van der Waals surface area contributed by atoms with E-state index in [2.05, 4.69) is 15.1 Å². The molecule has 0 spiro atoms. The minimum absolute atomic E-state index is 0.216. The molecule has 5 nitrogen and oxygen atoms in total. The largest absolute Gasteiger partial charge is 0.388 e. The summed E-state index contributed by atoms with van der Waals surface area (Å²) < 4.78 is 4.88. The van der Waals surface area contributed by atoms with Crippen molar-refractivity contribution in [2.75, 3.05) is 0 Å². The number of aliphatic hydroxyl groups excluding tert-OH is 1. The van der Waals surface area contributed by atoms with E-state index in [0.29, 0.717) is 11.6 Å². The Morgan fingerprint density at radius 1 is 1.54 bits per heavy atom. The maximum absolute atomic E-state index is 8.70. The Hall–Kier alpha value is -1.27. The normalized spacial score (nSPS) is 10.6. The van der Waals surface area contributed by atoms with E-state index in [1.54, 1.807) is 0 Å². The Kier molecular flexibility index (Phi) is 2.07. The van der Waals surface area contributed by atoms with E-state index in [1.165, 1.54) is 11.3 Å². The number of rotatable bonds is 2. The summed E-state index contributed by atoms with van der Waals surface area (Å²) in [5, 5.41) is 15.0. The topological polar surface area (TPSA) is 72.0 Å². The van der Waals surface area contributed by atoms with Crippen LogP contribution in [0.1, 0.15) is 10.8 Å². The number of aromatic nitrogens is 3. The predicted octanol–water partition coefficient (Wildman–Crippen LogP) is 0.994. The summed E-state index contributed by atoms with van der Waals surface area (Å²) in [6.07, 6.45) is 0. The molecular weight excluding hydrogens is 190 g/mol. The summed E-state index contributed by atoms with van der Waals surface area (Å²) in [6, 6.07) is 0. The molecule has 2 aromatic heterocycles. The summed E-state index contributed by atoms with van der Waals surface area (Å²) in [6.45, 7) is 1.68. The molecule has 0 aromatic carbocycles. The van der Waals surface area contributed by atoms with E-state index in [4.69, 9.17) is 9.63 Å². The summed E-state index contributed by atoms with van der Waals surface area (Å²) >= 11 is 1.51. The van der Waals surface area contributed by atoms with Gasteiger partial charge < -0.3 is 9.63 Å². The second-order valence-corrected chi connectivity index (χ2v) is 3.49. The van der Waals surface area contributed by atoms with Gasteiger partial charge in [-0.05, 0) is 6.92 Å². The molecule has 0 bridgehead atoms. The van der Waals surface area contributed by atoms with Crippen LogP contribution in [0.25, 0.3) is 11.6 Å². The van der Waals surface area contributed by atoms with E-state index in [9.17, 15) is 0 Å². The van der Waals surface area contributed by atoms with Crippen LogP contribution >= 0.6 is 11.3 Å². The highest BCUT2D eigenvalue weighted by atomic mass is 32.1. The molecule has 0 fully saturated rings. The van der Waals surface area contributed by atoms with Crippen LogP contribution in [0, 0.1) is 6.92 Å². The summed E-state index contributed by atoms with van der Waals surface area (Å²) in [4.78, 5) is 8.10. The molecule has 0 aliphatic rings. The van der Waals surface area contributed by atoms with E-state index in [0.717, 1.165) is 5.01 Å². The summed E-state index contributed by atoms with van der Waals surface area (Å²) in [5.74, 6) is 0.633. The molecule has 0 saturated carbocycles. The van der Waals surface area contributed by atoms with Crippen LogP contribution in [0.15, 0.2) is 9.90 Å². The van der Waals surface area contributed by atoms with Gasteiger partial charge >= 0.3 is 0 Å². The summed E-state index contributed by atoms with van der Waals surface area (Å²) in [7, 11) is 0. The van der Waals surface area contributed by atoms with Crippen LogP contribution in [-0.4, -0.2) is 20.2 Å². The van der Waals surface area contributed by atoms with Crippen molar-refractivity contribution in [1.29, 1.82) is 0 Å². The number of aliphatic hydroxyl groups is 1. The fourth-order valence-corrected chi connectivity index (χ4v) is 1.47. The van der Waals surface area contributed by atoms with E-state index < -0.39 is 0 Å². The van der Waals surface area contributed by atoms with Crippen molar-refractivity contribution in [3.05, 3.63) is 16.2 Å². The van der Waals surface area contributed by atoms with Crippen molar-refractivity contribution in [1.82, 2.24) is 15.1 Å². The third-order valence-electron chi connectivity index (χ3n) is 1.45. The average molecular weight is 197 g/mol. The lowest BCUT2D eigenvalue weighted by Crippen LogP contribution is -1.84. The smallest absolute Gasteiger partial charge is 0.277 e. The number of nitrogens with zero attached hydrogens (tertiary/aromatic N) is 3. The minimum atomic E-state index is -0.216. The fraction of sp³-hybridized carbons (Fsp3) is 0.286. The Morgan fingerprint density at radius 2 is 2.38 bits per heavy atom. The third kappa shape index (κ3) is 1.58. The van der Waals surface area contributed by atoms with Gasteiger partial charge in [0, 0.05) is 5.38 Å². The van der Waals surface area contributed by atoms with Crippen molar-refractivity contribution in [3.63, 3.8) is 0 Å². The molecule has 2 heterocycles. The van der Waals surface area contributed by atoms with Crippen LogP contribution in [0.2, 0.25) is 0 Å². The standard InChI is InChI=1S/C7H7N3O2S/c1-4-8-5(3-13-4)7-9-6(2-11)10-12-7/h3,11H,2H2,1H3. The van der Waals surface area contributed by atoms with Gasteiger partial charge in [0.15, 0.2) is 5.82 Å². The molecule has 0 atom stereocenters. The van der Waals surface area contributed by atoms with Crippen LogP contribution in [0.5, 0.6) is 0 Å². The Labute approximate surface area is 78.1 Å². The minimum Gasteiger partial charge on any atom is -0.388 e. The number of hydrogen-bond acceptors (Lipinski definition) is 6. The molecule has 0 aliphatic heterocycles. The van der Waals surface area contributed by atoms with Gasteiger partial charge in [-0.1, -0.05) is 5.16 Å². The maximum Gasteiger partial charge on any atom is 0.277 e. The maximum atomic E-state index is 8.70. The molecule has 0 saturated heterocycles. The van der Waals surface area contributed by atoms with E-state index >= 15 is 0 Å². The quantitative estimate of drug-likeness (QED) is 0.777. The first-order valence-corrected chi connectivity index (χ1v) is 4.53. The van der Waals surface area contributed by atoms with Crippen LogP contribution in [0.4, 0.5) is 0 Å². The van der Waals surface area contributed by atoms with E-state index in [1.807, 2.05) is 12.3 Å². The molecule has 13 heavy (non-hydrogen) atoms. The Balaban J connectivity index is 2.35. The monoisotopic (exact) mass is 197 g/mol. The van der Waals surface area contributed by atoms with Gasteiger partial charge in [0.1, 0.15) is 12.3 Å².